The van der Waals surface area contributed by atoms with E-state index in [1.165, 1.54) is 25.3 Å². The summed E-state index contributed by atoms with van der Waals surface area (Å²) >= 11 is 6.12. The molecule has 1 saturated heterocycles. The highest BCUT2D eigenvalue weighted by Crippen LogP contribution is 2.38. The van der Waals surface area contributed by atoms with Crippen LogP contribution in [0, 0.1) is 0 Å². The Morgan fingerprint density at radius 1 is 1.30 bits per heavy atom. The van der Waals surface area contributed by atoms with Crippen LogP contribution in [0.1, 0.15) is 23.0 Å². The molecule has 0 saturated carbocycles. The van der Waals surface area contributed by atoms with Crippen molar-refractivity contribution in [3.05, 3.63) is 46.9 Å². The predicted octanol–water partition coefficient (Wildman–Crippen LogP) is 1.82. The number of amides is 4. The minimum absolute atomic E-state index is 0.108. The van der Waals surface area contributed by atoms with Crippen LogP contribution in [0.25, 0.3) is 0 Å². The van der Waals surface area contributed by atoms with Crippen molar-refractivity contribution < 1.29 is 28.3 Å². The number of hydrogen-bond acceptors (Lipinski definition) is 6. The van der Waals surface area contributed by atoms with E-state index >= 15 is 0 Å². The first-order valence-corrected chi connectivity index (χ1v) is 8.39. The zero-order valence-electron chi connectivity index (χ0n) is 14.1. The van der Waals surface area contributed by atoms with Crippen LogP contribution in [-0.4, -0.2) is 36.1 Å². The van der Waals surface area contributed by atoms with Crippen LogP contribution in [0.3, 0.4) is 0 Å². The van der Waals surface area contributed by atoms with Crippen molar-refractivity contribution in [1.82, 2.24) is 15.8 Å². The summed E-state index contributed by atoms with van der Waals surface area (Å²) in [5.41, 5.74) is 0.971. The standard InChI is InChI=1S/C17H14ClN3O6/c1-17(12-3-2-4-26-12)15(23)21(16(24)19-17)20-14(22)9-7-10(18)13-11(8-9)25-5-6-27-13/h2-4,7-8H,5-6H2,1H3,(H,19,24)(H,20,22)/t17-/m1/s1. The number of nitrogens with zero attached hydrogens (tertiary/aromatic N) is 1. The fraction of sp³-hybridized carbons (Fsp3) is 0.235. The fourth-order valence-electron chi connectivity index (χ4n) is 2.88. The number of furan rings is 1. The Morgan fingerprint density at radius 2 is 2.07 bits per heavy atom. The van der Waals surface area contributed by atoms with Crippen molar-refractivity contribution >= 4 is 29.4 Å². The van der Waals surface area contributed by atoms with E-state index in [9.17, 15) is 14.4 Å². The number of ether oxygens (including phenoxy) is 2. The molecule has 1 fully saturated rings. The van der Waals surface area contributed by atoms with Gasteiger partial charge in [-0.05, 0) is 31.2 Å². The van der Waals surface area contributed by atoms with Crippen LogP contribution in [0.4, 0.5) is 4.79 Å². The van der Waals surface area contributed by atoms with Crippen molar-refractivity contribution in [2.75, 3.05) is 13.2 Å². The summed E-state index contributed by atoms with van der Waals surface area (Å²) in [4.78, 5) is 37.5. The van der Waals surface area contributed by atoms with Crippen molar-refractivity contribution in [3.63, 3.8) is 0 Å². The van der Waals surface area contributed by atoms with E-state index in [0.29, 0.717) is 29.7 Å². The van der Waals surface area contributed by atoms with Gasteiger partial charge in [0.15, 0.2) is 17.0 Å². The van der Waals surface area contributed by atoms with Gasteiger partial charge >= 0.3 is 6.03 Å². The molecule has 140 valence electrons. The zero-order chi connectivity index (χ0) is 19.2. The molecule has 10 heteroatoms. The molecule has 2 N–H and O–H groups in total. The van der Waals surface area contributed by atoms with Gasteiger partial charge in [0.1, 0.15) is 19.0 Å². The summed E-state index contributed by atoms with van der Waals surface area (Å²) in [6, 6.07) is 5.17. The van der Waals surface area contributed by atoms with Crippen molar-refractivity contribution in [3.8, 4) is 11.5 Å². The Kier molecular flexibility index (Phi) is 3.96. The van der Waals surface area contributed by atoms with Crippen LogP contribution in [0.15, 0.2) is 34.9 Å². The summed E-state index contributed by atoms with van der Waals surface area (Å²) in [6.07, 6.45) is 1.39. The highest BCUT2D eigenvalue weighted by atomic mass is 35.5. The summed E-state index contributed by atoms with van der Waals surface area (Å²) in [7, 11) is 0. The van der Waals surface area contributed by atoms with E-state index in [-0.39, 0.29) is 16.3 Å². The second-order valence-corrected chi connectivity index (χ2v) is 6.50. The van der Waals surface area contributed by atoms with E-state index in [2.05, 4.69) is 10.7 Å². The second kappa shape index (κ2) is 6.20. The fourth-order valence-corrected chi connectivity index (χ4v) is 3.14. The first-order chi connectivity index (χ1) is 12.9. The normalized spacial score (nSPS) is 21.2. The van der Waals surface area contributed by atoms with Gasteiger partial charge in [0, 0.05) is 5.56 Å². The third kappa shape index (κ3) is 2.76. The number of carbonyl (C=O) groups is 3. The van der Waals surface area contributed by atoms with Crippen LogP contribution < -0.4 is 20.2 Å². The highest BCUT2D eigenvalue weighted by molar-refractivity contribution is 6.32. The quantitative estimate of drug-likeness (QED) is 0.772. The first kappa shape index (κ1) is 17.2. The monoisotopic (exact) mass is 391 g/mol. The topological polar surface area (TPSA) is 110 Å². The number of nitrogens with one attached hydrogen (secondary N) is 2. The number of halogens is 1. The van der Waals surface area contributed by atoms with Crippen molar-refractivity contribution in [2.45, 2.75) is 12.5 Å². The van der Waals surface area contributed by atoms with Gasteiger partial charge in [-0.2, -0.15) is 5.01 Å². The molecule has 27 heavy (non-hydrogen) atoms. The lowest BCUT2D eigenvalue weighted by Gasteiger charge is -2.21. The summed E-state index contributed by atoms with van der Waals surface area (Å²) < 4.78 is 16.1. The van der Waals surface area contributed by atoms with E-state index < -0.39 is 23.4 Å². The number of hydrazine groups is 1. The van der Waals surface area contributed by atoms with Gasteiger partial charge in [-0.1, -0.05) is 11.6 Å². The number of carbonyl (C=O) groups excluding carboxylic acids is 3. The van der Waals surface area contributed by atoms with Gasteiger partial charge in [0.2, 0.25) is 0 Å². The van der Waals surface area contributed by atoms with Gasteiger partial charge < -0.3 is 19.2 Å². The Balaban J connectivity index is 1.57. The lowest BCUT2D eigenvalue weighted by molar-refractivity contribution is -0.133. The van der Waals surface area contributed by atoms with Crippen molar-refractivity contribution in [1.29, 1.82) is 0 Å². The highest BCUT2D eigenvalue weighted by Gasteiger charge is 2.52. The molecule has 0 aliphatic carbocycles. The molecule has 2 aromatic rings. The van der Waals surface area contributed by atoms with Crippen LogP contribution >= 0.6 is 11.6 Å². The Hall–Kier alpha value is -3.20. The van der Waals surface area contributed by atoms with Crippen LogP contribution in [-0.2, 0) is 10.3 Å². The third-order valence-corrected chi connectivity index (χ3v) is 4.56. The first-order valence-electron chi connectivity index (χ1n) is 8.01. The average Bonchev–Trinajstić information content (AvgIpc) is 3.26. The molecular weight excluding hydrogens is 378 g/mol. The molecule has 0 bridgehead atoms. The SMILES string of the molecule is C[C@]1(c2ccco2)NC(=O)N(NC(=O)c2cc(Cl)c3c(c2)OCCO3)C1=O. The Labute approximate surface area is 158 Å². The predicted molar refractivity (Wildman–Crippen MR) is 91.3 cm³/mol. The molecule has 2 aliphatic rings. The Bertz CT molecular complexity index is 944. The number of benzene rings is 1. The van der Waals surface area contributed by atoms with Crippen LogP contribution in [0.2, 0.25) is 5.02 Å². The summed E-state index contributed by atoms with van der Waals surface area (Å²) in [5.74, 6) is -0.475. The number of hydrogen-bond donors (Lipinski definition) is 2. The van der Waals surface area contributed by atoms with Gasteiger partial charge in [0.05, 0.1) is 11.3 Å². The molecule has 9 nitrogen and oxygen atoms in total. The average molecular weight is 392 g/mol. The zero-order valence-corrected chi connectivity index (χ0v) is 14.8. The van der Waals surface area contributed by atoms with E-state index in [4.69, 9.17) is 25.5 Å². The smallest absolute Gasteiger partial charge is 0.344 e. The van der Waals surface area contributed by atoms with Gasteiger partial charge in [-0.25, -0.2) is 4.79 Å². The lowest BCUT2D eigenvalue weighted by Crippen LogP contribution is -2.47. The molecule has 0 unspecified atom stereocenters. The molecule has 1 atom stereocenters. The number of imide groups is 1. The molecular formula is C17H14ClN3O6. The third-order valence-electron chi connectivity index (χ3n) is 4.28. The molecule has 3 heterocycles. The minimum atomic E-state index is -1.42. The maximum absolute atomic E-state index is 12.7. The summed E-state index contributed by atoms with van der Waals surface area (Å²) in [6.45, 7) is 2.16. The summed E-state index contributed by atoms with van der Waals surface area (Å²) in [5, 5.41) is 3.31. The van der Waals surface area contributed by atoms with Crippen molar-refractivity contribution in [2.24, 2.45) is 0 Å². The lowest BCUT2D eigenvalue weighted by atomic mass is 10.00. The van der Waals surface area contributed by atoms with Gasteiger partial charge in [-0.3, -0.25) is 15.0 Å². The van der Waals surface area contributed by atoms with E-state index in [1.807, 2.05) is 0 Å². The van der Waals surface area contributed by atoms with Gasteiger partial charge in [-0.15, -0.1) is 0 Å². The molecule has 0 radical (unpaired) electrons. The number of urea groups is 1. The Morgan fingerprint density at radius 3 is 2.81 bits per heavy atom. The maximum Gasteiger partial charge on any atom is 0.344 e. The second-order valence-electron chi connectivity index (χ2n) is 6.10. The maximum atomic E-state index is 12.7. The molecule has 2 aliphatic heterocycles. The number of rotatable bonds is 3. The van der Waals surface area contributed by atoms with Crippen LogP contribution in [0.5, 0.6) is 11.5 Å². The minimum Gasteiger partial charge on any atom is -0.486 e. The molecule has 0 spiro atoms. The molecule has 1 aromatic carbocycles. The van der Waals surface area contributed by atoms with E-state index in [0.717, 1.165) is 0 Å². The van der Waals surface area contributed by atoms with E-state index in [1.54, 1.807) is 12.1 Å². The van der Waals surface area contributed by atoms with Gasteiger partial charge in [0.25, 0.3) is 11.8 Å². The largest absolute Gasteiger partial charge is 0.486 e. The molecule has 4 rings (SSSR count). The molecule has 1 aromatic heterocycles. The molecule has 4 amide bonds. The number of fused-ring (bicyclic) bond motifs is 1.